The summed E-state index contributed by atoms with van der Waals surface area (Å²) in [4.78, 5) is 23.8. The summed E-state index contributed by atoms with van der Waals surface area (Å²) in [6.45, 7) is 3.75. The van der Waals surface area contributed by atoms with Crippen LogP contribution < -0.4 is 25.6 Å². The Morgan fingerprint density at radius 2 is 1.77 bits per heavy atom. The molecular formula is C32H35BrF3N8O3P. The minimum atomic E-state index is -4.92. The second kappa shape index (κ2) is 13.1. The molecule has 1 amide bonds. The minimum absolute atomic E-state index is 0.0772. The SMILES string of the molecule is COc1cc(N2CCN(C(=O)C(F)(F)F)CC2)c(-c2cnn(C)c2)cc1Nc1ncc(Br)c(Nc2ccc(C3CC3)cc2P(C)(C)=O)n1. The average Bonchev–Trinajstić information content (AvgIpc) is 3.81. The molecule has 2 fully saturated rings. The number of aromatic nitrogens is 4. The summed E-state index contributed by atoms with van der Waals surface area (Å²) < 4.78 is 60.5. The maximum absolute atomic E-state index is 13.3. The topological polar surface area (TPSA) is 118 Å². The normalized spacial score (nSPS) is 15.4. The van der Waals surface area contributed by atoms with Crippen LogP contribution in [0.5, 0.6) is 5.75 Å². The monoisotopic (exact) mass is 746 g/mol. The van der Waals surface area contributed by atoms with Crippen LogP contribution in [0.15, 0.2) is 53.4 Å². The molecule has 254 valence electrons. The zero-order valence-electron chi connectivity index (χ0n) is 26.8. The summed E-state index contributed by atoms with van der Waals surface area (Å²) in [6.07, 6.45) is 2.51. The van der Waals surface area contributed by atoms with Gasteiger partial charge in [0.25, 0.3) is 0 Å². The number of alkyl halides is 3. The van der Waals surface area contributed by atoms with Gasteiger partial charge in [0.05, 0.1) is 29.2 Å². The fraction of sp³-hybridized carbons (Fsp3) is 0.375. The number of hydrogen-bond donors (Lipinski definition) is 2. The quantitative estimate of drug-likeness (QED) is 0.186. The third-order valence-electron chi connectivity index (χ3n) is 8.38. The molecule has 3 heterocycles. The lowest BCUT2D eigenvalue weighted by molar-refractivity contribution is -0.185. The zero-order valence-corrected chi connectivity index (χ0v) is 29.3. The van der Waals surface area contributed by atoms with Crippen LogP contribution in [0.4, 0.5) is 42.0 Å². The van der Waals surface area contributed by atoms with E-state index in [9.17, 15) is 22.5 Å². The van der Waals surface area contributed by atoms with Crippen LogP contribution in [-0.4, -0.2) is 83.4 Å². The van der Waals surface area contributed by atoms with E-state index in [1.54, 1.807) is 43.5 Å². The van der Waals surface area contributed by atoms with E-state index in [2.05, 4.69) is 42.7 Å². The second-order valence-electron chi connectivity index (χ2n) is 12.3. The van der Waals surface area contributed by atoms with Crippen LogP contribution in [0, 0.1) is 0 Å². The van der Waals surface area contributed by atoms with E-state index < -0.39 is 19.2 Å². The molecule has 1 saturated carbocycles. The van der Waals surface area contributed by atoms with Crippen LogP contribution in [-0.2, 0) is 16.4 Å². The lowest BCUT2D eigenvalue weighted by Gasteiger charge is -2.37. The largest absolute Gasteiger partial charge is 0.494 e. The maximum atomic E-state index is 13.3. The Hall–Kier alpha value is -4.10. The van der Waals surface area contributed by atoms with Crippen molar-refractivity contribution < 1.29 is 27.3 Å². The Balaban J connectivity index is 1.31. The Kier molecular flexibility index (Phi) is 9.20. The standard InChI is InChI=1S/C32H35BrF3N8O3P/c1-42-18-21(16-38-42)22-14-25(27(47-2)15-26(22)43-9-11-44(12-10-43)30(45)32(34,35)36)40-31-37-17-23(33)29(41-31)39-24-8-7-20(19-5-6-19)13-28(24)48(3,4)46/h7-8,13-19H,5-6,9-12H2,1-4H3,(H2,37,39,40,41). The number of nitrogens with one attached hydrogen (secondary N) is 2. The number of benzene rings is 2. The summed E-state index contributed by atoms with van der Waals surface area (Å²) >= 11 is 3.54. The molecule has 4 aromatic rings. The molecule has 6 rings (SSSR count). The van der Waals surface area contributed by atoms with Crippen molar-refractivity contribution in [2.45, 2.75) is 24.9 Å². The van der Waals surface area contributed by atoms with Crippen LogP contribution in [0.1, 0.15) is 24.3 Å². The minimum Gasteiger partial charge on any atom is -0.494 e. The summed E-state index contributed by atoms with van der Waals surface area (Å²) in [5, 5.41) is 11.7. The highest BCUT2D eigenvalue weighted by Crippen LogP contribution is 2.45. The van der Waals surface area contributed by atoms with Gasteiger partial charge in [0.15, 0.2) is 0 Å². The van der Waals surface area contributed by atoms with Crippen LogP contribution in [0.2, 0.25) is 0 Å². The van der Waals surface area contributed by atoms with Gasteiger partial charge in [-0.05, 0) is 71.8 Å². The van der Waals surface area contributed by atoms with Crippen molar-refractivity contribution in [2.24, 2.45) is 7.05 Å². The van der Waals surface area contributed by atoms with Gasteiger partial charge in [0.1, 0.15) is 18.7 Å². The fourth-order valence-corrected chi connectivity index (χ4v) is 7.21. The molecule has 16 heteroatoms. The number of aryl methyl sites for hydroxylation is 1. The second-order valence-corrected chi connectivity index (χ2v) is 16.3. The molecule has 0 atom stereocenters. The van der Waals surface area contributed by atoms with Crippen molar-refractivity contribution in [3.05, 3.63) is 59.0 Å². The number of hydrogen-bond acceptors (Lipinski definition) is 9. The highest BCUT2D eigenvalue weighted by Gasteiger charge is 2.43. The van der Waals surface area contributed by atoms with Gasteiger partial charge in [0, 0.05) is 73.8 Å². The first-order valence-corrected chi connectivity index (χ1v) is 18.7. The third-order valence-corrected chi connectivity index (χ3v) is 10.5. The molecule has 48 heavy (non-hydrogen) atoms. The van der Waals surface area contributed by atoms with E-state index in [0.717, 1.165) is 34.2 Å². The molecule has 2 aromatic carbocycles. The molecule has 0 unspecified atom stereocenters. The first-order chi connectivity index (χ1) is 22.7. The molecule has 2 aliphatic rings. The number of carbonyl (C=O) groups is 1. The highest BCUT2D eigenvalue weighted by molar-refractivity contribution is 9.10. The Labute approximate surface area is 284 Å². The molecule has 11 nitrogen and oxygen atoms in total. The lowest BCUT2D eigenvalue weighted by Crippen LogP contribution is -2.52. The van der Waals surface area contributed by atoms with Crippen molar-refractivity contribution in [2.75, 3.05) is 62.2 Å². The lowest BCUT2D eigenvalue weighted by atomic mass is 10.0. The molecule has 2 aromatic heterocycles. The number of amides is 1. The zero-order chi connectivity index (χ0) is 34.4. The van der Waals surface area contributed by atoms with Crippen molar-refractivity contribution in [1.82, 2.24) is 24.6 Å². The van der Waals surface area contributed by atoms with Crippen molar-refractivity contribution in [3.8, 4) is 16.9 Å². The fourth-order valence-electron chi connectivity index (χ4n) is 5.75. The summed E-state index contributed by atoms with van der Waals surface area (Å²) in [6, 6.07) is 9.71. The number of carbonyl (C=O) groups excluding carboxylic acids is 1. The molecule has 1 saturated heterocycles. The third kappa shape index (κ3) is 7.31. The maximum Gasteiger partial charge on any atom is 0.471 e. The number of halogens is 4. The van der Waals surface area contributed by atoms with Gasteiger partial charge in [0.2, 0.25) is 5.95 Å². The Morgan fingerprint density at radius 1 is 1.04 bits per heavy atom. The van der Waals surface area contributed by atoms with E-state index in [1.807, 2.05) is 29.3 Å². The van der Waals surface area contributed by atoms with Crippen LogP contribution >= 0.6 is 23.1 Å². The van der Waals surface area contributed by atoms with Gasteiger partial charge in [-0.2, -0.15) is 23.3 Å². The molecule has 0 radical (unpaired) electrons. The number of piperazine rings is 1. The first kappa shape index (κ1) is 33.8. The number of rotatable bonds is 9. The van der Waals surface area contributed by atoms with Gasteiger partial charge < -0.3 is 29.7 Å². The van der Waals surface area contributed by atoms with Crippen molar-refractivity contribution in [3.63, 3.8) is 0 Å². The summed E-state index contributed by atoms with van der Waals surface area (Å²) in [7, 11) is 0.685. The molecular weight excluding hydrogens is 712 g/mol. The van der Waals surface area contributed by atoms with Crippen LogP contribution in [0.3, 0.4) is 0 Å². The smallest absolute Gasteiger partial charge is 0.471 e. The van der Waals surface area contributed by atoms with Gasteiger partial charge in [-0.25, -0.2) is 4.98 Å². The number of methoxy groups -OCH3 is 1. The number of ether oxygens (including phenoxy) is 1. The molecule has 0 bridgehead atoms. The molecule has 0 spiro atoms. The van der Waals surface area contributed by atoms with E-state index in [4.69, 9.17) is 9.72 Å². The molecule has 1 aliphatic heterocycles. The summed E-state index contributed by atoms with van der Waals surface area (Å²) in [5.74, 6) is -0.137. The van der Waals surface area contributed by atoms with Crippen molar-refractivity contribution >= 4 is 63.1 Å². The Morgan fingerprint density at radius 3 is 2.38 bits per heavy atom. The first-order valence-electron chi connectivity index (χ1n) is 15.3. The van der Waals surface area contributed by atoms with E-state index >= 15 is 0 Å². The number of anilines is 5. The van der Waals surface area contributed by atoms with Gasteiger partial charge in [-0.3, -0.25) is 9.48 Å². The van der Waals surface area contributed by atoms with E-state index in [1.165, 1.54) is 12.7 Å². The van der Waals surface area contributed by atoms with Crippen molar-refractivity contribution in [1.29, 1.82) is 0 Å². The van der Waals surface area contributed by atoms with Gasteiger partial charge >= 0.3 is 12.1 Å². The highest BCUT2D eigenvalue weighted by atomic mass is 79.9. The predicted octanol–water partition coefficient (Wildman–Crippen LogP) is 6.47. The van der Waals surface area contributed by atoms with Gasteiger partial charge in [-0.15, -0.1) is 0 Å². The Bertz CT molecular complexity index is 1900. The van der Waals surface area contributed by atoms with Gasteiger partial charge in [-0.1, -0.05) is 6.07 Å². The average molecular weight is 748 g/mol. The summed E-state index contributed by atoms with van der Waals surface area (Å²) in [5.41, 5.74) is 4.68. The molecule has 1 aliphatic carbocycles. The van der Waals surface area contributed by atoms with Crippen LogP contribution in [0.25, 0.3) is 11.1 Å². The predicted molar refractivity (Wildman–Crippen MR) is 184 cm³/mol. The van der Waals surface area contributed by atoms with E-state index in [0.29, 0.717) is 39.0 Å². The van der Waals surface area contributed by atoms with E-state index in [-0.39, 0.29) is 32.1 Å². The molecule has 2 N–H and O–H groups in total. The number of nitrogens with zero attached hydrogens (tertiary/aromatic N) is 6.